The molecule has 2 aromatic rings. The van der Waals surface area contributed by atoms with Gasteiger partial charge in [0.25, 0.3) is 0 Å². The number of carboxylic acid groups (broad SMARTS) is 1. The number of carboxylic acids is 1. The van der Waals surface area contributed by atoms with Gasteiger partial charge in [-0.15, -0.1) is 0 Å². The van der Waals surface area contributed by atoms with E-state index in [4.69, 9.17) is 11.6 Å². The van der Waals surface area contributed by atoms with Crippen molar-refractivity contribution in [2.24, 2.45) is 0 Å². The number of aromatic nitrogens is 1. The van der Waals surface area contributed by atoms with Gasteiger partial charge in [0.2, 0.25) is 0 Å². The highest BCUT2D eigenvalue weighted by Crippen LogP contribution is 2.28. The number of aliphatic carboxylic acids is 1. The van der Waals surface area contributed by atoms with Crippen LogP contribution in [0.5, 0.6) is 0 Å². The Bertz CT molecular complexity index is 604. The minimum atomic E-state index is -0.917. The van der Waals surface area contributed by atoms with E-state index >= 15 is 0 Å². The molecular weight excluding hydrogens is 330 g/mol. The quantitative estimate of drug-likeness (QED) is 0.918. The molecule has 1 aromatic carbocycles. The molecule has 1 N–H and O–H groups in total. The second-order valence-electron chi connectivity index (χ2n) is 4.06. The molecule has 5 heteroatoms. The van der Waals surface area contributed by atoms with Crippen molar-refractivity contribution < 1.29 is 9.90 Å². The van der Waals surface area contributed by atoms with Crippen LogP contribution in [0, 0.1) is 0 Å². The van der Waals surface area contributed by atoms with E-state index in [1.165, 1.54) is 0 Å². The topological polar surface area (TPSA) is 50.2 Å². The smallest absolute Gasteiger partial charge is 0.312 e. The zero-order valence-electron chi connectivity index (χ0n) is 9.88. The van der Waals surface area contributed by atoms with Gasteiger partial charge in [0, 0.05) is 15.7 Å². The lowest BCUT2D eigenvalue weighted by atomic mass is 9.96. The summed E-state index contributed by atoms with van der Waals surface area (Å²) in [7, 11) is 0. The number of hydrogen-bond donors (Lipinski definition) is 1. The van der Waals surface area contributed by atoms with E-state index in [1.54, 1.807) is 24.4 Å². The maximum atomic E-state index is 11.5. The summed E-state index contributed by atoms with van der Waals surface area (Å²) < 4.78 is 0.689. The summed E-state index contributed by atoms with van der Waals surface area (Å²) in [4.78, 5) is 15.6. The summed E-state index contributed by atoms with van der Waals surface area (Å²) in [6.07, 6.45) is 1.90. The highest BCUT2D eigenvalue weighted by atomic mass is 79.9. The molecule has 0 aliphatic carbocycles. The van der Waals surface area contributed by atoms with Crippen LogP contribution in [0.25, 0.3) is 0 Å². The predicted molar refractivity (Wildman–Crippen MR) is 77.5 cm³/mol. The van der Waals surface area contributed by atoms with Crippen molar-refractivity contribution >= 4 is 33.5 Å². The van der Waals surface area contributed by atoms with Gasteiger partial charge in [-0.3, -0.25) is 9.78 Å². The van der Waals surface area contributed by atoms with Crippen LogP contribution >= 0.6 is 27.5 Å². The molecule has 0 amide bonds. The fraction of sp³-hybridized carbons (Fsp3) is 0.143. The third-order valence-corrected chi connectivity index (χ3v) is 3.84. The molecular formula is C14H11BrClNO2. The SMILES string of the molecule is O=C(O)C(Cc1ccccc1Cl)c1ncccc1Br. The molecule has 0 aliphatic rings. The van der Waals surface area contributed by atoms with E-state index in [0.717, 1.165) is 5.56 Å². The first-order valence-electron chi connectivity index (χ1n) is 5.66. The molecule has 98 valence electrons. The van der Waals surface area contributed by atoms with E-state index < -0.39 is 11.9 Å². The van der Waals surface area contributed by atoms with Crippen LogP contribution in [-0.4, -0.2) is 16.1 Å². The number of nitrogens with zero attached hydrogens (tertiary/aromatic N) is 1. The molecule has 0 saturated carbocycles. The number of hydrogen-bond acceptors (Lipinski definition) is 2. The highest BCUT2D eigenvalue weighted by Gasteiger charge is 2.24. The third-order valence-electron chi connectivity index (χ3n) is 2.80. The van der Waals surface area contributed by atoms with Crippen molar-refractivity contribution in [1.29, 1.82) is 0 Å². The third kappa shape index (κ3) is 3.33. The number of rotatable bonds is 4. The minimum Gasteiger partial charge on any atom is -0.481 e. The highest BCUT2D eigenvalue weighted by molar-refractivity contribution is 9.10. The van der Waals surface area contributed by atoms with Gasteiger partial charge in [-0.2, -0.15) is 0 Å². The lowest BCUT2D eigenvalue weighted by Crippen LogP contribution is -2.16. The molecule has 1 unspecified atom stereocenters. The Morgan fingerprint density at radius 1 is 1.32 bits per heavy atom. The summed E-state index contributed by atoms with van der Waals surface area (Å²) in [5, 5.41) is 9.97. The summed E-state index contributed by atoms with van der Waals surface area (Å²) in [5.41, 5.74) is 1.31. The largest absolute Gasteiger partial charge is 0.481 e. The van der Waals surface area contributed by atoms with Gasteiger partial charge in [0.15, 0.2) is 0 Å². The molecule has 2 rings (SSSR count). The molecule has 1 aromatic heterocycles. The van der Waals surface area contributed by atoms with Crippen LogP contribution in [0.15, 0.2) is 47.1 Å². The molecule has 0 radical (unpaired) electrons. The molecule has 0 saturated heterocycles. The van der Waals surface area contributed by atoms with Crippen molar-refractivity contribution in [3.8, 4) is 0 Å². The zero-order valence-corrected chi connectivity index (χ0v) is 12.2. The summed E-state index contributed by atoms with van der Waals surface area (Å²) in [5.74, 6) is -1.64. The fourth-order valence-corrected chi connectivity index (χ4v) is 2.58. The van der Waals surface area contributed by atoms with Crippen molar-refractivity contribution in [2.45, 2.75) is 12.3 Å². The summed E-state index contributed by atoms with van der Waals surface area (Å²) in [6, 6.07) is 10.8. The lowest BCUT2D eigenvalue weighted by Gasteiger charge is -2.14. The van der Waals surface area contributed by atoms with Gasteiger partial charge in [0.1, 0.15) is 5.92 Å². The fourth-order valence-electron chi connectivity index (χ4n) is 1.84. The van der Waals surface area contributed by atoms with Crippen LogP contribution in [0.3, 0.4) is 0 Å². The van der Waals surface area contributed by atoms with Crippen molar-refractivity contribution in [3.05, 3.63) is 63.3 Å². The Balaban J connectivity index is 2.35. The summed E-state index contributed by atoms with van der Waals surface area (Å²) >= 11 is 9.41. The molecule has 3 nitrogen and oxygen atoms in total. The number of carbonyl (C=O) groups is 1. The normalized spacial score (nSPS) is 12.1. The minimum absolute atomic E-state index is 0.310. The Morgan fingerprint density at radius 2 is 2.05 bits per heavy atom. The second kappa shape index (κ2) is 6.17. The molecule has 1 heterocycles. The second-order valence-corrected chi connectivity index (χ2v) is 5.32. The van der Waals surface area contributed by atoms with Gasteiger partial charge in [-0.1, -0.05) is 29.8 Å². The van der Waals surface area contributed by atoms with Crippen LogP contribution < -0.4 is 0 Å². The Hall–Kier alpha value is -1.39. The van der Waals surface area contributed by atoms with Crippen LogP contribution in [0.2, 0.25) is 5.02 Å². The van der Waals surface area contributed by atoms with Crippen molar-refractivity contribution in [2.75, 3.05) is 0 Å². The molecule has 0 spiro atoms. The first-order chi connectivity index (χ1) is 9.09. The predicted octanol–water partition coefficient (Wildman–Crippen LogP) is 3.91. The van der Waals surface area contributed by atoms with Gasteiger partial charge in [0.05, 0.1) is 5.69 Å². The molecule has 0 bridgehead atoms. The Labute approximate surface area is 124 Å². The number of pyridine rings is 1. The summed E-state index contributed by atoms with van der Waals surface area (Å²) in [6.45, 7) is 0. The number of halogens is 2. The van der Waals surface area contributed by atoms with Crippen LogP contribution in [0.4, 0.5) is 0 Å². The van der Waals surface area contributed by atoms with Gasteiger partial charge in [-0.05, 0) is 46.1 Å². The Kier molecular flexibility index (Phi) is 4.56. The van der Waals surface area contributed by atoms with Crippen molar-refractivity contribution in [3.63, 3.8) is 0 Å². The molecule has 1 atom stereocenters. The van der Waals surface area contributed by atoms with E-state index in [-0.39, 0.29) is 0 Å². The van der Waals surface area contributed by atoms with Gasteiger partial charge >= 0.3 is 5.97 Å². The maximum Gasteiger partial charge on any atom is 0.312 e. The molecule has 0 aliphatic heterocycles. The zero-order chi connectivity index (χ0) is 13.8. The standard InChI is InChI=1S/C14H11BrClNO2/c15-11-5-3-7-17-13(11)10(14(18)19)8-9-4-1-2-6-12(9)16/h1-7,10H,8H2,(H,18,19). The Morgan fingerprint density at radius 3 is 2.68 bits per heavy atom. The van der Waals surface area contributed by atoms with Crippen molar-refractivity contribution in [1.82, 2.24) is 4.98 Å². The van der Waals surface area contributed by atoms with Gasteiger partial charge in [-0.25, -0.2) is 0 Å². The van der Waals surface area contributed by atoms with E-state index in [2.05, 4.69) is 20.9 Å². The monoisotopic (exact) mass is 339 g/mol. The number of benzene rings is 1. The van der Waals surface area contributed by atoms with Crippen LogP contribution in [0.1, 0.15) is 17.2 Å². The van der Waals surface area contributed by atoms with Gasteiger partial charge < -0.3 is 5.11 Å². The first kappa shape index (κ1) is 14.0. The van der Waals surface area contributed by atoms with E-state index in [9.17, 15) is 9.90 Å². The maximum absolute atomic E-state index is 11.5. The first-order valence-corrected chi connectivity index (χ1v) is 6.83. The molecule has 19 heavy (non-hydrogen) atoms. The average molecular weight is 341 g/mol. The van der Waals surface area contributed by atoms with E-state index in [1.807, 2.05) is 18.2 Å². The lowest BCUT2D eigenvalue weighted by molar-refractivity contribution is -0.138. The molecule has 0 fully saturated rings. The van der Waals surface area contributed by atoms with Crippen LogP contribution in [-0.2, 0) is 11.2 Å². The van der Waals surface area contributed by atoms with E-state index in [0.29, 0.717) is 21.6 Å². The average Bonchev–Trinajstić information content (AvgIpc) is 2.38.